The molecular weight excluding hydrogens is 647 g/mol. The molecule has 5 nitrogen and oxygen atoms in total. The Balaban J connectivity index is 1.13. The van der Waals surface area contributed by atoms with Crippen LogP contribution in [-0.4, -0.2) is 61.8 Å². The first kappa shape index (κ1) is 35.4. The van der Waals surface area contributed by atoms with Crippen molar-refractivity contribution in [2.45, 2.75) is 88.0 Å². The molecule has 1 unspecified atom stereocenters. The third-order valence-corrected chi connectivity index (χ3v) is 10.2. The predicted octanol–water partition coefficient (Wildman–Crippen LogP) is 8.92. The summed E-state index contributed by atoms with van der Waals surface area (Å²) in [5.41, 5.74) is -4.03. The van der Waals surface area contributed by atoms with Crippen LogP contribution in [-0.2, 0) is 15.9 Å². The Morgan fingerprint density at radius 2 is 1.36 bits per heavy atom. The summed E-state index contributed by atoms with van der Waals surface area (Å²) >= 11 is 0. The zero-order chi connectivity index (χ0) is 34.3. The lowest BCUT2D eigenvalue weighted by atomic mass is 9.55. The number of phenols is 1. The van der Waals surface area contributed by atoms with Crippen LogP contribution in [0.5, 0.6) is 17.2 Å². The van der Waals surface area contributed by atoms with Gasteiger partial charge in [-0.05, 0) is 116 Å². The minimum atomic E-state index is -6.74. The molecule has 262 valence electrons. The van der Waals surface area contributed by atoms with Crippen LogP contribution in [0.4, 0.5) is 39.5 Å². The van der Waals surface area contributed by atoms with E-state index in [4.69, 9.17) is 14.2 Å². The van der Waals surface area contributed by atoms with Gasteiger partial charge < -0.3 is 24.1 Å². The Bertz CT molecular complexity index is 1320. The second kappa shape index (κ2) is 13.2. The van der Waals surface area contributed by atoms with Crippen molar-refractivity contribution in [1.82, 2.24) is 0 Å². The number of fused-ring (bicyclic) bond motifs is 5. The van der Waals surface area contributed by atoms with Crippen molar-refractivity contribution in [2.75, 3.05) is 26.4 Å². The van der Waals surface area contributed by atoms with E-state index in [0.29, 0.717) is 37.2 Å². The number of hydrogen-bond donors (Lipinski definition) is 1. The monoisotopic (exact) mass is 684 g/mol. The fraction of sp³-hybridized carbons (Fsp3) is 0.636. The summed E-state index contributed by atoms with van der Waals surface area (Å²) in [6, 6.07) is 12.5. The highest BCUT2D eigenvalue weighted by Crippen LogP contribution is 2.62. The minimum Gasteiger partial charge on any atom is -0.508 e. The van der Waals surface area contributed by atoms with Crippen LogP contribution in [0.25, 0.3) is 0 Å². The molecule has 0 saturated heterocycles. The van der Waals surface area contributed by atoms with E-state index < -0.39 is 37.2 Å². The maximum absolute atomic E-state index is 13.1. The van der Waals surface area contributed by atoms with Crippen molar-refractivity contribution in [3.63, 3.8) is 0 Å². The normalized spacial score (nSPS) is 26.3. The molecule has 5 rings (SSSR count). The van der Waals surface area contributed by atoms with Crippen molar-refractivity contribution >= 4 is 0 Å². The van der Waals surface area contributed by atoms with Gasteiger partial charge in [0.2, 0.25) is 0 Å². The molecule has 0 spiro atoms. The molecule has 2 fully saturated rings. The largest absolute Gasteiger partial charge is 0.508 e. The van der Waals surface area contributed by atoms with Gasteiger partial charge in [0.25, 0.3) is 0 Å². The van der Waals surface area contributed by atoms with Gasteiger partial charge in [0.15, 0.2) is 0 Å². The quantitative estimate of drug-likeness (QED) is 0.189. The Morgan fingerprint density at radius 3 is 2.00 bits per heavy atom. The maximum Gasteiger partial charge on any atom is 0.435 e. The summed E-state index contributed by atoms with van der Waals surface area (Å²) in [7, 11) is 0. The summed E-state index contributed by atoms with van der Waals surface area (Å²) in [6.45, 7) is 1.02. The first-order valence-corrected chi connectivity index (χ1v) is 15.6. The summed E-state index contributed by atoms with van der Waals surface area (Å²) < 4.78 is 139. The van der Waals surface area contributed by atoms with Crippen LogP contribution in [0.3, 0.4) is 0 Å². The average molecular weight is 685 g/mol. The third kappa shape index (κ3) is 6.86. The van der Waals surface area contributed by atoms with Crippen LogP contribution in [0.1, 0.15) is 62.5 Å². The van der Waals surface area contributed by atoms with Crippen LogP contribution >= 0.6 is 0 Å². The molecule has 0 aliphatic heterocycles. The van der Waals surface area contributed by atoms with Crippen molar-refractivity contribution in [2.24, 2.45) is 17.3 Å². The summed E-state index contributed by atoms with van der Waals surface area (Å²) in [5.74, 6) is 2.51. The highest BCUT2D eigenvalue weighted by Gasteiger charge is 2.85. The molecule has 1 N–H and O–H groups in total. The molecule has 2 saturated carbocycles. The van der Waals surface area contributed by atoms with Gasteiger partial charge >= 0.3 is 24.1 Å². The van der Waals surface area contributed by atoms with Gasteiger partial charge in [-0.2, -0.15) is 39.5 Å². The topological polar surface area (TPSA) is 57.2 Å². The van der Waals surface area contributed by atoms with Crippen molar-refractivity contribution in [3.8, 4) is 17.2 Å². The van der Waals surface area contributed by atoms with Crippen LogP contribution in [0, 0.1) is 17.3 Å². The maximum atomic E-state index is 13.1. The van der Waals surface area contributed by atoms with Gasteiger partial charge in [-0.3, -0.25) is 0 Å². The average Bonchev–Trinajstić information content (AvgIpc) is 3.31. The molecule has 2 aromatic carbocycles. The molecule has 2 aromatic rings. The number of aryl methyl sites for hydroxylation is 1. The lowest BCUT2D eigenvalue weighted by molar-refractivity contribution is -0.457. The van der Waals surface area contributed by atoms with Gasteiger partial charge in [0, 0.05) is 6.61 Å². The molecule has 3 aliphatic rings. The number of benzene rings is 2. The molecule has 3 aliphatic carbocycles. The van der Waals surface area contributed by atoms with Crippen molar-refractivity contribution in [1.29, 1.82) is 0 Å². The summed E-state index contributed by atoms with van der Waals surface area (Å²) in [6.07, 6.45) is -16.1. The zero-order valence-electron chi connectivity index (χ0n) is 25.6. The number of phenolic OH excluding ortho intramolecular Hbond substituents is 1. The van der Waals surface area contributed by atoms with Crippen LogP contribution in [0.2, 0.25) is 0 Å². The lowest BCUT2D eigenvalue weighted by Gasteiger charge is -2.50. The fourth-order valence-corrected chi connectivity index (χ4v) is 7.97. The van der Waals surface area contributed by atoms with E-state index in [1.54, 1.807) is 12.1 Å². The van der Waals surface area contributed by atoms with E-state index in [1.807, 2.05) is 6.07 Å². The number of halogens is 9. The standard InChI is InChI=1S/C33H37F9O5/c1-29-14-13-25-24-10-8-23(45-18-17-44-22-6-4-21(43)5-7-22)19-20(24)3-9-26(25)27(29)11-12-28(29)46-15-2-16-47-30(31(34,35)36,32(37,38)39)33(40,41)42/h4-8,10,19,25-28,43H,2-3,9,11-18H2,1H3/t25-,26?,27+,28+,29+/m1/s1. The first-order chi connectivity index (χ1) is 22.0. The molecule has 14 heteroatoms. The SMILES string of the molecule is C[C@]12CC[C@@H]3c4ccc(OCCOc5ccc(O)cc5)cc4CCC3[C@@H]1CC[C@@H]2OCCCOC(C(F)(F)F)(C(F)(F)F)C(F)(F)F. The molecule has 0 aromatic heterocycles. The molecule has 47 heavy (non-hydrogen) atoms. The number of ether oxygens (including phenoxy) is 4. The molecule has 5 atom stereocenters. The lowest BCUT2D eigenvalue weighted by Crippen LogP contribution is -2.67. The van der Waals surface area contributed by atoms with E-state index in [1.165, 1.54) is 23.3 Å². The van der Waals surface area contributed by atoms with Crippen molar-refractivity contribution in [3.05, 3.63) is 53.6 Å². The third-order valence-electron chi connectivity index (χ3n) is 10.2. The predicted molar refractivity (Wildman–Crippen MR) is 151 cm³/mol. The molecule has 0 heterocycles. The smallest absolute Gasteiger partial charge is 0.435 e. The molecular formula is C33H37F9O5. The first-order valence-electron chi connectivity index (χ1n) is 15.6. The van der Waals surface area contributed by atoms with Gasteiger partial charge in [0.05, 0.1) is 12.7 Å². The van der Waals surface area contributed by atoms with Gasteiger partial charge in [-0.25, -0.2) is 0 Å². The molecule has 0 radical (unpaired) electrons. The summed E-state index contributed by atoms with van der Waals surface area (Å²) in [4.78, 5) is 0. The van der Waals surface area contributed by atoms with Crippen LogP contribution in [0.15, 0.2) is 42.5 Å². The molecule has 0 amide bonds. The number of alkyl halides is 9. The fourth-order valence-electron chi connectivity index (χ4n) is 7.97. The second-order valence-electron chi connectivity index (χ2n) is 12.8. The second-order valence-corrected chi connectivity index (χ2v) is 12.8. The highest BCUT2D eigenvalue weighted by molar-refractivity contribution is 5.41. The molecule has 0 bridgehead atoms. The van der Waals surface area contributed by atoms with E-state index >= 15 is 0 Å². The Morgan fingerprint density at radius 1 is 0.745 bits per heavy atom. The van der Waals surface area contributed by atoms with Gasteiger partial charge in [0.1, 0.15) is 30.5 Å². The number of aromatic hydroxyl groups is 1. The summed E-state index contributed by atoms with van der Waals surface area (Å²) in [5, 5.41) is 9.37. The number of hydrogen-bond acceptors (Lipinski definition) is 5. The van der Waals surface area contributed by atoms with Crippen LogP contribution < -0.4 is 9.47 Å². The van der Waals surface area contributed by atoms with E-state index in [0.717, 1.165) is 37.9 Å². The Kier molecular flexibility index (Phi) is 9.96. The zero-order valence-corrected chi connectivity index (χ0v) is 25.6. The Hall–Kier alpha value is -2.87. The van der Waals surface area contributed by atoms with Gasteiger partial charge in [-0.1, -0.05) is 13.0 Å². The van der Waals surface area contributed by atoms with E-state index in [-0.39, 0.29) is 29.8 Å². The Labute approximate surface area is 266 Å². The van der Waals surface area contributed by atoms with E-state index in [9.17, 15) is 44.6 Å². The van der Waals surface area contributed by atoms with Gasteiger partial charge in [-0.15, -0.1) is 0 Å². The minimum absolute atomic E-state index is 0.155. The highest BCUT2D eigenvalue weighted by atomic mass is 19.4. The van der Waals surface area contributed by atoms with Crippen molar-refractivity contribution < 1.29 is 63.6 Å². The van der Waals surface area contributed by atoms with E-state index in [2.05, 4.69) is 23.8 Å². The number of rotatable bonds is 11.